The van der Waals surface area contributed by atoms with Gasteiger partial charge in [-0.05, 0) is 62.3 Å². The monoisotopic (exact) mass is 606 g/mol. The van der Waals surface area contributed by atoms with Gasteiger partial charge in [0.15, 0.2) is 0 Å². The molecule has 0 saturated heterocycles. The van der Waals surface area contributed by atoms with Crippen molar-refractivity contribution in [2.45, 2.75) is 105 Å². The number of quaternary nitrogens is 1. The molecule has 12 heteroatoms. The Labute approximate surface area is 251 Å². The standard InChI is InChI=1S/C30H56NO11/c1-28(2,3)40-25(34)11-18-37-21-14-31(24(33)10-17-32,15-22-38-19-12-26(35)41-29(4,5)6)16-23-39-20-13-27(36)42-30(7,8)9/h32H,10-23H2,1-9H3/q+1. The molecule has 0 aliphatic heterocycles. The van der Waals surface area contributed by atoms with Gasteiger partial charge in [-0.1, -0.05) is 0 Å². The Bertz CT molecular complexity index is 729. The molecule has 42 heavy (non-hydrogen) atoms. The molecule has 0 radical (unpaired) electrons. The second-order valence-electron chi connectivity index (χ2n) is 13.0. The van der Waals surface area contributed by atoms with E-state index in [0.717, 1.165) is 0 Å². The van der Waals surface area contributed by atoms with E-state index >= 15 is 0 Å². The Kier molecular flexibility index (Phi) is 18.2. The number of hydrogen-bond donors (Lipinski definition) is 1. The second-order valence-corrected chi connectivity index (χ2v) is 13.0. The summed E-state index contributed by atoms with van der Waals surface area (Å²) in [5.74, 6) is -1.36. The fraction of sp³-hybridized carbons (Fsp3) is 0.867. The first-order valence-electron chi connectivity index (χ1n) is 14.7. The Morgan fingerprint density at radius 2 is 0.786 bits per heavy atom. The third-order valence-electron chi connectivity index (χ3n) is 5.46. The van der Waals surface area contributed by atoms with Gasteiger partial charge in [-0.15, -0.1) is 0 Å². The minimum Gasteiger partial charge on any atom is -0.460 e. The summed E-state index contributed by atoms with van der Waals surface area (Å²) in [7, 11) is 0. The number of carbonyl (C=O) groups excluding carboxylic acids is 4. The van der Waals surface area contributed by atoms with Crippen molar-refractivity contribution in [3.63, 3.8) is 0 Å². The quantitative estimate of drug-likeness (QED) is 0.0945. The van der Waals surface area contributed by atoms with Crippen LogP contribution in [0, 0.1) is 0 Å². The number of rotatable bonds is 20. The molecule has 1 amide bonds. The van der Waals surface area contributed by atoms with E-state index in [9.17, 15) is 24.3 Å². The molecular formula is C30H56NO11+. The zero-order valence-electron chi connectivity index (χ0n) is 27.4. The van der Waals surface area contributed by atoms with Crippen molar-refractivity contribution in [1.82, 2.24) is 0 Å². The van der Waals surface area contributed by atoms with E-state index in [0.29, 0.717) is 0 Å². The summed E-state index contributed by atoms with van der Waals surface area (Å²) in [6.45, 7) is 17.4. The van der Waals surface area contributed by atoms with Gasteiger partial charge in [-0.2, -0.15) is 0 Å². The molecule has 1 N–H and O–H groups in total. The lowest BCUT2D eigenvalue weighted by Crippen LogP contribution is -2.58. The summed E-state index contributed by atoms with van der Waals surface area (Å²) in [5.41, 5.74) is -1.77. The highest BCUT2D eigenvalue weighted by molar-refractivity contribution is 5.71. The highest BCUT2D eigenvalue weighted by Gasteiger charge is 2.35. The fourth-order valence-corrected chi connectivity index (χ4v) is 3.71. The van der Waals surface area contributed by atoms with Gasteiger partial charge < -0.3 is 33.5 Å². The molecule has 0 spiro atoms. The Morgan fingerprint density at radius 1 is 0.500 bits per heavy atom. The van der Waals surface area contributed by atoms with Gasteiger partial charge in [-0.3, -0.25) is 18.9 Å². The molecule has 0 unspecified atom stereocenters. The maximum atomic E-state index is 13.3. The number of carbonyl (C=O) groups is 4. The molecule has 0 rings (SSSR count). The van der Waals surface area contributed by atoms with Crippen molar-refractivity contribution < 1.29 is 57.2 Å². The van der Waals surface area contributed by atoms with Crippen molar-refractivity contribution in [1.29, 1.82) is 0 Å². The lowest BCUT2D eigenvalue weighted by molar-refractivity contribution is -0.856. The minimum atomic E-state index is -0.590. The first-order chi connectivity index (χ1) is 19.3. The van der Waals surface area contributed by atoms with Crippen LogP contribution < -0.4 is 0 Å². The zero-order valence-corrected chi connectivity index (χ0v) is 27.4. The second kappa shape index (κ2) is 19.2. The van der Waals surface area contributed by atoms with Crippen molar-refractivity contribution >= 4 is 23.8 Å². The largest absolute Gasteiger partial charge is 0.460 e. The van der Waals surface area contributed by atoms with Crippen LogP contribution in [0.1, 0.15) is 88.0 Å². The molecule has 0 aromatic rings. The summed E-state index contributed by atoms with van der Waals surface area (Å²) in [6, 6.07) is 0. The molecule has 0 aliphatic carbocycles. The normalized spacial score (nSPS) is 12.6. The van der Waals surface area contributed by atoms with Gasteiger partial charge in [-0.25, -0.2) is 4.79 Å². The lowest BCUT2D eigenvalue weighted by Gasteiger charge is -2.36. The molecular weight excluding hydrogens is 550 g/mol. The van der Waals surface area contributed by atoms with Crippen LogP contribution in [0.2, 0.25) is 0 Å². The highest BCUT2D eigenvalue weighted by atomic mass is 16.6. The van der Waals surface area contributed by atoms with E-state index in [-0.39, 0.29) is 120 Å². The van der Waals surface area contributed by atoms with Crippen LogP contribution in [0.15, 0.2) is 0 Å². The number of ether oxygens (including phenoxy) is 6. The van der Waals surface area contributed by atoms with Gasteiger partial charge in [0, 0.05) is 0 Å². The summed E-state index contributed by atoms with van der Waals surface area (Å²) >= 11 is 0. The minimum absolute atomic E-state index is 0.0728. The van der Waals surface area contributed by atoms with Gasteiger partial charge in [0.25, 0.3) is 0 Å². The highest BCUT2D eigenvalue weighted by Crippen LogP contribution is 2.14. The maximum absolute atomic E-state index is 13.3. The molecule has 0 bridgehead atoms. The van der Waals surface area contributed by atoms with Gasteiger partial charge >= 0.3 is 23.8 Å². The number of esters is 3. The molecule has 0 aliphatic rings. The van der Waals surface area contributed by atoms with Crippen molar-refractivity contribution in [2.24, 2.45) is 0 Å². The van der Waals surface area contributed by atoms with Crippen LogP contribution in [0.4, 0.5) is 0 Å². The molecule has 0 saturated carbocycles. The van der Waals surface area contributed by atoms with E-state index in [1.807, 2.05) is 0 Å². The lowest BCUT2D eigenvalue weighted by atomic mass is 10.2. The molecule has 0 aromatic heterocycles. The third-order valence-corrected chi connectivity index (χ3v) is 5.46. The van der Waals surface area contributed by atoms with E-state index in [2.05, 4.69) is 0 Å². The topological polar surface area (TPSA) is 144 Å². The first kappa shape index (κ1) is 39.9. The molecule has 0 aromatic carbocycles. The average Bonchev–Trinajstić information content (AvgIpc) is 2.79. The predicted octanol–water partition coefficient (Wildman–Crippen LogP) is 2.96. The zero-order chi connectivity index (χ0) is 32.5. The Morgan fingerprint density at radius 3 is 1.02 bits per heavy atom. The molecule has 12 nitrogen and oxygen atoms in total. The Hall–Kier alpha value is -2.12. The fourth-order valence-electron chi connectivity index (χ4n) is 3.71. The van der Waals surface area contributed by atoms with E-state index in [1.165, 1.54) is 0 Å². The van der Waals surface area contributed by atoms with Gasteiger partial charge in [0.2, 0.25) is 0 Å². The number of nitrogens with zero attached hydrogens (tertiary/aromatic N) is 1. The maximum Gasteiger partial charge on any atom is 0.316 e. The smallest absolute Gasteiger partial charge is 0.316 e. The predicted molar refractivity (Wildman–Crippen MR) is 155 cm³/mol. The van der Waals surface area contributed by atoms with Crippen LogP contribution >= 0.6 is 0 Å². The molecule has 0 atom stereocenters. The van der Waals surface area contributed by atoms with Crippen LogP contribution in [0.5, 0.6) is 0 Å². The van der Waals surface area contributed by atoms with Gasteiger partial charge in [0.1, 0.15) is 36.4 Å². The number of hydrogen-bond acceptors (Lipinski definition) is 11. The van der Waals surface area contributed by atoms with Crippen LogP contribution in [-0.2, 0) is 47.6 Å². The summed E-state index contributed by atoms with van der Waals surface area (Å²) in [6.07, 6.45) is 0.143. The summed E-state index contributed by atoms with van der Waals surface area (Å²) in [5, 5.41) is 9.51. The molecule has 0 fully saturated rings. The first-order valence-corrected chi connectivity index (χ1v) is 14.7. The molecule has 246 valence electrons. The number of aliphatic hydroxyl groups excluding tert-OH is 1. The van der Waals surface area contributed by atoms with Crippen LogP contribution in [0.25, 0.3) is 0 Å². The Balaban J connectivity index is 5.19. The van der Waals surface area contributed by atoms with Crippen molar-refractivity contribution in [2.75, 3.05) is 65.9 Å². The van der Waals surface area contributed by atoms with E-state index in [4.69, 9.17) is 28.4 Å². The van der Waals surface area contributed by atoms with Crippen LogP contribution in [-0.4, -0.2) is 116 Å². The summed E-state index contributed by atoms with van der Waals surface area (Å²) in [4.78, 5) is 49.2. The SMILES string of the molecule is CC(C)(C)OC(=O)CCOCC[N+](CCOCCC(=O)OC(C)(C)C)(CCOCCC(=O)OC(C)(C)C)C(=O)CCO. The van der Waals surface area contributed by atoms with Crippen molar-refractivity contribution in [3.05, 3.63) is 0 Å². The van der Waals surface area contributed by atoms with Crippen molar-refractivity contribution in [3.8, 4) is 0 Å². The van der Waals surface area contributed by atoms with Crippen LogP contribution in [0.3, 0.4) is 0 Å². The van der Waals surface area contributed by atoms with E-state index < -0.39 is 16.8 Å². The number of aliphatic hydroxyl groups is 1. The summed E-state index contributed by atoms with van der Waals surface area (Å²) < 4.78 is 32.8. The molecule has 0 heterocycles. The third kappa shape index (κ3) is 21.6. The van der Waals surface area contributed by atoms with Gasteiger partial charge in [0.05, 0.1) is 71.9 Å². The average molecular weight is 607 g/mol. The number of amides is 1. The van der Waals surface area contributed by atoms with E-state index in [1.54, 1.807) is 62.3 Å².